The second-order valence-corrected chi connectivity index (χ2v) is 3.42. The topological polar surface area (TPSA) is 42.8 Å². The molecule has 0 saturated carbocycles. The van der Waals surface area contributed by atoms with Crippen LogP contribution in [0.5, 0.6) is 0 Å². The molecule has 2 aromatic rings. The first kappa shape index (κ1) is 8.53. The first-order valence-corrected chi connectivity index (χ1v) is 4.39. The van der Waals surface area contributed by atoms with E-state index < -0.39 is 0 Å². The number of aromatic amines is 2. The predicted octanol–water partition coefficient (Wildman–Crippen LogP) is 2.20. The molecule has 0 radical (unpaired) electrons. The summed E-state index contributed by atoms with van der Waals surface area (Å²) in [5.74, 6) is 0.782. The highest BCUT2D eigenvalue weighted by Gasteiger charge is 2.07. The van der Waals surface area contributed by atoms with Gasteiger partial charge >= 0.3 is 0 Å². The summed E-state index contributed by atoms with van der Waals surface area (Å²) in [6.45, 7) is 0. The van der Waals surface area contributed by atoms with E-state index in [0.717, 1.165) is 11.4 Å². The zero-order valence-electron chi connectivity index (χ0n) is 6.51. The number of nitrogens with one attached hydrogen (secondary N) is 2. The summed E-state index contributed by atoms with van der Waals surface area (Å²) < 4.78 is 0. The van der Waals surface area contributed by atoms with E-state index in [1.165, 1.54) is 0 Å². The lowest BCUT2D eigenvalue weighted by Crippen LogP contribution is -2.00. The number of benzene rings is 1. The van der Waals surface area contributed by atoms with Gasteiger partial charge in [0.25, 0.3) is 12.2 Å². The Balaban J connectivity index is 2.53. The molecule has 0 aliphatic heterocycles. The summed E-state index contributed by atoms with van der Waals surface area (Å²) >= 11 is 11.7. The third-order valence-electron chi connectivity index (χ3n) is 1.60. The molecule has 0 aliphatic carbocycles. The quantitative estimate of drug-likeness (QED) is 0.778. The molecule has 1 aromatic carbocycles. The fourth-order valence-electron chi connectivity index (χ4n) is 1.07. The SMILES string of the molecule is Clc1cc(Cl)cc(-c2[nH]nc[nH+]2)c1. The van der Waals surface area contributed by atoms with Gasteiger partial charge in [-0.1, -0.05) is 23.2 Å². The molecule has 0 aliphatic rings. The van der Waals surface area contributed by atoms with Gasteiger partial charge in [-0.25, -0.2) is 4.98 Å². The van der Waals surface area contributed by atoms with Crippen molar-refractivity contribution in [1.29, 1.82) is 0 Å². The van der Waals surface area contributed by atoms with Crippen LogP contribution >= 0.6 is 23.2 Å². The second kappa shape index (κ2) is 3.36. The first-order chi connectivity index (χ1) is 6.25. The Kier molecular flexibility index (Phi) is 2.20. The third-order valence-corrected chi connectivity index (χ3v) is 2.04. The van der Waals surface area contributed by atoms with Gasteiger partial charge in [0.05, 0.1) is 5.56 Å². The summed E-state index contributed by atoms with van der Waals surface area (Å²) in [6.07, 6.45) is 1.56. The summed E-state index contributed by atoms with van der Waals surface area (Å²) in [4.78, 5) is 2.92. The van der Waals surface area contributed by atoms with Gasteiger partial charge in [-0.05, 0) is 18.2 Å². The zero-order chi connectivity index (χ0) is 9.26. The van der Waals surface area contributed by atoms with Crippen LogP contribution in [0.1, 0.15) is 0 Å². The van der Waals surface area contributed by atoms with Crippen LogP contribution in [-0.4, -0.2) is 10.2 Å². The molecule has 0 fully saturated rings. The van der Waals surface area contributed by atoms with Crippen LogP contribution in [0.15, 0.2) is 24.5 Å². The van der Waals surface area contributed by atoms with Crippen molar-refractivity contribution in [2.45, 2.75) is 0 Å². The minimum Gasteiger partial charge on any atom is -0.244 e. The van der Waals surface area contributed by atoms with Crippen LogP contribution in [0.25, 0.3) is 11.4 Å². The number of aromatic nitrogens is 3. The average molecular weight is 215 g/mol. The van der Waals surface area contributed by atoms with Crippen molar-refractivity contribution in [1.82, 2.24) is 10.2 Å². The molecule has 0 unspecified atom stereocenters. The van der Waals surface area contributed by atoms with E-state index in [-0.39, 0.29) is 0 Å². The minimum atomic E-state index is 0.602. The highest BCUT2D eigenvalue weighted by molar-refractivity contribution is 6.35. The summed E-state index contributed by atoms with van der Waals surface area (Å²) in [6, 6.07) is 5.29. The molecule has 66 valence electrons. The van der Waals surface area contributed by atoms with Crippen LogP contribution in [-0.2, 0) is 0 Å². The highest BCUT2D eigenvalue weighted by Crippen LogP contribution is 2.23. The highest BCUT2D eigenvalue weighted by atomic mass is 35.5. The number of hydrogen-bond donors (Lipinski definition) is 1. The molecule has 0 saturated heterocycles. The lowest BCUT2D eigenvalue weighted by molar-refractivity contribution is -0.364. The van der Waals surface area contributed by atoms with E-state index in [9.17, 15) is 0 Å². The third kappa shape index (κ3) is 1.82. The van der Waals surface area contributed by atoms with E-state index in [1.54, 1.807) is 24.5 Å². The van der Waals surface area contributed by atoms with Gasteiger partial charge in [-0.2, -0.15) is 0 Å². The van der Waals surface area contributed by atoms with Crippen molar-refractivity contribution < 1.29 is 4.98 Å². The fraction of sp³-hybridized carbons (Fsp3) is 0. The molecule has 0 atom stereocenters. The molecular weight excluding hydrogens is 209 g/mol. The Labute approximate surface area is 84.7 Å². The van der Waals surface area contributed by atoms with E-state index in [1.807, 2.05) is 0 Å². The molecule has 13 heavy (non-hydrogen) atoms. The van der Waals surface area contributed by atoms with Crippen molar-refractivity contribution >= 4 is 23.2 Å². The van der Waals surface area contributed by atoms with Crippen LogP contribution in [0, 0.1) is 0 Å². The minimum absolute atomic E-state index is 0.602. The number of H-pyrrole nitrogens is 2. The number of nitrogens with zero attached hydrogens (tertiary/aromatic N) is 1. The monoisotopic (exact) mass is 214 g/mol. The van der Waals surface area contributed by atoms with Gasteiger partial charge in [-0.15, -0.1) is 5.10 Å². The maximum Gasteiger partial charge on any atom is 0.263 e. The average Bonchev–Trinajstić information content (AvgIpc) is 2.53. The Morgan fingerprint density at radius 1 is 1.15 bits per heavy atom. The molecule has 3 nitrogen and oxygen atoms in total. The maximum atomic E-state index is 5.83. The second-order valence-electron chi connectivity index (χ2n) is 2.55. The van der Waals surface area contributed by atoms with Gasteiger partial charge in [0.1, 0.15) is 0 Å². The van der Waals surface area contributed by atoms with E-state index in [2.05, 4.69) is 15.2 Å². The van der Waals surface area contributed by atoms with Crippen molar-refractivity contribution in [3.8, 4) is 11.4 Å². The number of halogens is 2. The molecule has 0 spiro atoms. The Hall–Kier alpha value is -1.06. The summed E-state index contributed by atoms with van der Waals surface area (Å²) in [5, 5.41) is 7.78. The van der Waals surface area contributed by atoms with Crippen molar-refractivity contribution in [2.24, 2.45) is 0 Å². The number of rotatable bonds is 1. The Bertz CT molecular complexity index is 391. The molecule has 1 heterocycles. The molecule has 2 rings (SSSR count). The number of hydrogen-bond acceptors (Lipinski definition) is 1. The van der Waals surface area contributed by atoms with Crippen LogP contribution in [0.4, 0.5) is 0 Å². The van der Waals surface area contributed by atoms with Crippen LogP contribution in [0.2, 0.25) is 10.0 Å². The lowest BCUT2D eigenvalue weighted by atomic mass is 10.2. The smallest absolute Gasteiger partial charge is 0.244 e. The Morgan fingerprint density at radius 2 is 1.85 bits per heavy atom. The van der Waals surface area contributed by atoms with Crippen molar-refractivity contribution in [2.75, 3.05) is 0 Å². The van der Waals surface area contributed by atoms with Crippen LogP contribution in [0.3, 0.4) is 0 Å². The molecule has 2 N–H and O–H groups in total. The van der Waals surface area contributed by atoms with Gasteiger partial charge in [-0.3, -0.25) is 0 Å². The normalized spacial score (nSPS) is 10.3. The van der Waals surface area contributed by atoms with E-state index in [0.29, 0.717) is 10.0 Å². The standard InChI is InChI=1S/C8H5Cl2N3/c9-6-1-5(2-7(10)3-6)8-11-4-12-13-8/h1-4H,(H,11,12,13)/p+1. The molecule has 0 bridgehead atoms. The van der Waals surface area contributed by atoms with Gasteiger partial charge < -0.3 is 0 Å². The van der Waals surface area contributed by atoms with Crippen molar-refractivity contribution in [3.05, 3.63) is 34.6 Å². The fourth-order valence-corrected chi connectivity index (χ4v) is 1.60. The summed E-state index contributed by atoms with van der Waals surface area (Å²) in [5.41, 5.74) is 0.884. The van der Waals surface area contributed by atoms with Crippen molar-refractivity contribution in [3.63, 3.8) is 0 Å². The molecule has 0 amide bonds. The molecule has 1 aromatic heterocycles. The summed E-state index contributed by atoms with van der Waals surface area (Å²) in [7, 11) is 0. The van der Waals surface area contributed by atoms with E-state index in [4.69, 9.17) is 23.2 Å². The van der Waals surface area contributed by atoms with Gasteiger partial charge in [0.2, 0.25) is 0 Å². The van der Waals surface area contributed by atoms with Gasteiger partial charge in [0, 0.05) is 15.1 Å². The Morgan fingerprint density at radius 3 is 2.38 bits per heavy atom. The first-order valence-electron chi connectivity index (χ1n) is 3.63. The lowest BCUT2D eigenvalue weighted by Gasteiger charge is -1.95. The predicted molar refractivity (Wildman–Crippen MR) is 50.6 cm³/mol. The molecular formula is C8H6Cl2N3+. The largest absolute Gasteiger partial charge is 0.263 e. The van der Waals surface area contributed by atoms with Gasteiger partial charge in [0.15, 0.2) is 0 Å². The van der Waals surface area contributed by atoms with E-state index >= 15 is 0 Å². The maximum absolute atomic E-state index is 5.83. The van der Waals surface area contributed by atoms with Crippen LogP contribution < -0.4 is 4.98 Å². The zero-order valence-corrected chi connectivity index (χ0v) is 8.02. The molecule has 5 heteroatoms.